The van der Waals surface area contributed by atoms with E-state index in [-0.39, 0.29) is 5.91 Å². The summed E-state index contributed by atoms with van der Waals surface area (Å²) in [6.07, 6.45) is 3.40. The highest BCUT2D eigenvalue weighted by Gasteiger charge is 2.52. The second kappa shape index (κ2) is 5.18. The molecule has 8 heteroatoms. The summed E-state index contributed by atoms with van der Waals surface area (Å²) in [4.78, 5) is 14.4. The average Bonchev–Trinajstić information content (AvgIpc) is 3.23. The minimum atomic E-state index is -0.477. The standard InChI is InChI=1S/C17H19N5O3/c1-17(7-6-15(23)21(17)11-2-3-11)16-18-19-20-22(16)12-4-5-13-14(10-12)25-9-8-24-13/h4-5,10-11H,2-3,6-9H2,1H3. The number of hydrogen-bond donors (Lipinski definition) is 0. The Bertz CT molecular complexity index is 847. The summed E-state index contributed by atoms with van der Waals surface area (Å²) in [7, 11) is 0. The lowest BCUT2D eigenvalue weighted by Gasteiger charge is -2.34. The molecule has 2 aliphatic heterocycles. The number of hydrogen-bond acceptors (Lipinski definition) is 6. The molecule has 1 aromatic heterocycles. The SMILES string of the molecule is CC1(c2nnnn2-c2ccc3c(c2)OCCO3)CCC(=O)N1C1CC1. The van der Waals surface area contributed by atoms with E-state index >= 15 is 0 Å². The van der Waals surface area contributed by atoms with Gasteiger partial charge in [-0.25, -0.2) is 0 Å². The van der Waals surface area contributed by atoms with Crippen molar-refractivity contribution in [2.45, 2.75) is 44.2 Å². The first-order chi connectivity index (χ1) is 12.2. The number of benzene rings is 1. The summed E-state index contributed by atoms with van der Waals surface area (Å²) in [5.74, 6) is 2.31. The summed E-state index contributed by atoms with van der Waals surface area (Å²) in [6.45, 7) is 3.15. The summed E-state index contributed by atoms with van der Waals surface area (Å²) >= 11 is 0. The molecule has 1 aliphatic carbocycles. The maximum Gasteiger partial charge on any atom is 0.223 e. The van der Waals surface area contributed by atoms with Crippen LogP contribution in [0.3, 0.4) is 0 Å². The van der Waals surface area contributed by atoms with Gasteiger partial charge in [0.25, 0.3) is 0 Å². The van der Waals surface area contributed by atoms with Crippen LogP contribution in [0.1, 0.15) is 38.4 Å². The molecule has 130 valence electrons. The van der Waals surface area contributed by atoms with Crippen molar-refractivity contribution in [3.8, 4) is 17.2 Å². The zero-order valence-electron chi connectivity index (χ0n) is 14.0. The number of amides is 1. The van der Waals surface area contributed by atoms with E-state index in [0.29, 0.717) is 37.3 Å². The molecule has 1 amide bonds. The van der Waals surface area contributed by atoms with Gasteiger partial charge in [-0.15, -0.1) is 5.10 Å². The molecule has 0 spiro atoms. The molecule has 1 atom stereocenters. The Kier molecular flexibility index (Phi) is 3.04. The topological polar surface area (TPSA) is 82.4 Å². The minimum Gasteiger partial charge on any atom is -0.486 e. The number of likely N-dealkylation sites (tertiary alicyclic amines) is 1. The van der Waals surface area contributed by atoms with Crippen molar-refractivity contribution in [2.75, 3.05) is 13.2 Å². The fraction of sp³-hybridized carbons (Fsp3) is 0.529. The van der Waals surface area contributed by atoms with Crippen LogP contribution >= 0.6 is 0 Å². The molecule has 3 heterocycles. The Labute approximate surface area is 144 Å². The van der Waals surface area contributed by atoms with Crippen molar-refractivity contribution >= 4 is 5.91 Å². The Balaban J connectivity index is 1.57. The van der Waals surface area contributed by atoms with E-state index in [9.17, 15) is 4.79 Å². The van der Waals surface area contributed by atoms with Crippen LogP contribution in [0.15, 0.2) is 18.2 Å². The van der Waals surface area contributed by atoms with E-state index in [1.165, 1.54) is 0 Å². The van der Waals surface area contributed by atoms with Gasteiger partial charge in [0.1, 0.15) is 18.8 Å². The molecule has 0 radical (unpaired) electrons. The first kappa shape index (κ1) is 14.7. The number of fused-ring (bicyclic) bond motifs is 1. The van der Waals surface area contributed by atoms with Gasteiger partial charge in [-0.2, -0.15) is 4.68 Å². The highest BCUT2D eigenvalue weighted by Crippen LogP contribution is 2.45. The van der Waals surface area contributed by atoms with Crippen molar-refractivity contribution in [1.29, 1.82) is 0 Å². The Hall–Kier alpha value is -2.64. The van der Waals surface area contributed by atoms with E-state index in [4.69, 9.17) is 9.47 Å². The smallest absolute Gasteiger partial charge is 0.223 e. The van der Waals surface area contributed by atoms with E-state index in [2.05, 4.69) is 22.4 Å². The zero-order chi connectivity index (χ0) is 17.0. The van der Waals surface area contributed by atoms with Gasteiger partial charge in [-0.05, 0) is 48.7 Å². The average molecular weight is 341 g/mol. The molecule has 3 aliphatic rings. The predicted molar refractivity (Wildman–Crippen MR) is 86.6 cm³/mol. The first-order valence-electron chi connectivity index (χ1n) is 8.68. The molecule has 25 heavy (non-hydrogen) atoms. The molecular formula is C17H19N5O3. The van der Waals surface area contributed by atoms with E-state index < -0.39 is 5.54 Å². The molecule has 0 N–H and O–H groups in total. The quantitative estimate of drug-likeness (QED) is 0.840. The van der Waals surface area contributed by atoms with Gasteiger partial charge < -0.3 is 14.4 Å². The number of ether oxygens (including phenoxy) is 2. The van der Waals surface area contributed by atoms with Gasteiger partial charge in [0.15, 0.2) is 17.3 Å². The van der Waals surface area contributed by atoms with Crippen molar-refractivity contribution in [2.24, 2.45) is 0 Å². The van der Waals surface area contributed by atoms with Crippen LogP contribution < -0.4 is 9.47 Å². The predicted octanol–water partition coefficient (Wildman–Crippen LogP) is 1.43. The third-order valence-electron chi connectivity index (χ3n) is 5.26. The second-order valence-corrected chi connectivity index (χ2v) is 7.01. The molecule has 8 nitrogen and oxygen atoms in total. The number of rotatable bonds is 3. The van der Waals surface area contributed by atoms with Crippen LogP contribution in [0.2, 0.25) is 0 Å². The summed E-state index contributed by atoms with van der Waals surface area (Å²) in [6, 6.07) is 5.99. The van der Waals surface area contributed by atoms with Gasteiger partial charge in [0.05, 0.1) is 5.69 Å². The first-order valence-corrected chi connectivity index (χ1v) is 8.68. The van der Waals surface area contributed by atoms with Crippen LogP contribution in [-0.4, -0.2) is 50.3 Å². The van der Waals surface area contributed by atoms with Crippen molar-refractivity contribution in [3.63, 3.8) is 0 Å². The molecule has 1 unspecified atom stereocenters. The third-order valence-corrected chi connectivity index (χ3v) is 5.26. The third kappa shape index (κ3) is 2.20. The summed E-state index contributed by atoms with van der Waals surface area (Å²) in [5, 5.41) is 12.4. The lowest BCUT2D eigenvalue weighted by molar-refractivity contribution is -0.132. The molecular weight excluding hydrogens is 322 g/mol. The van der Waals surface area contributed by atoms with Gasteiger partial charge in [0.2, 0.25) is 5.91 Å². The molecule has 1 saturated carbocycles. The Morgan fingerprint density at radius 1 is 1.20 bits per heavy atom. The highest BCUT2D eigenvalue weighted by molar-refractivity contribution is 5.80. The molecule has 5 rings (SSSR count). The van der Waals surface area contributed by atoms with E-state index in [1.54, 1.807) is 4.68 Å². The molecule has 1 aromatic carbocycles. The van der Waals surface area contributed by atoms with Gasteiger partial charge in [-0.1, -0.05) is 0 Å². The maximum atomic E-state index is 12.4. The normalized spacial score (nSPS) is 25.5. The number of aromatic nitrogens is 4. The van der Waals surface area contributed by atoms with Crippen molar-refractivity contribution in [3.05, 3.63) is 24.0 Å². The fourth-order valence-electron chi connectivity index (χ4n) is 3.89. The number of tetrazole rings is 1. The van der Waals surface area contributed by atoms with Gasteiger partial charge in [0, 0.05) is 18.5 Å². The maximum absolute atomic E-state index is 12.4. The summed E-state index contributed by atoms with van der Waals surface area (Å²) in [5.41, 5.74) is 0.329. The summed E-state index contributed by atoms with van der Waals surface area (Å²) < 4.78 is 13.0. The van der Waals surface area contributed by atoms with E-state index in [1.807, 2.05) is 23.1 Å². The van der Waals surface area contributed by atoms with Crippen LogP contribution in [-0.2, 0) is 10.3 Å². The van der Waals surface area contributed by atoms with Crippen LogP contribution in [0.25, 0.3) is 5.69 Å². The van der Waals surface area contributed by atoms with Crippen molar-refractivity contribution in [1.82, 2.24) is 25.1 Å². The Morgan fingerprint density at radius 2 is 2.00 bits per heavy atom. The molecule has 0 bridgehead atoms. The van der Waals surface area contributed by atoms with E-state index in [0.717, 1.165) is 30.7 Å². The lowest BCUT2D eigenvalue weighted by atomic mass is 9.97. The second-order valence-electron chi connectivity index (χ2n) is 7.01. The molecule has 1 saturated heterocycles. The number of carbonyl (C=O) groups excluding carboxylic acids is 1. The molecule has 2 aromatic rings. The van der Waals surface area contributed by atoms with Crippen LogP contribution in [0.4, 0.5) is 0 Å². The lowest BCUT2D eigenvalue weighted by Crippen LogP contribution is -2.44. The van der Waals surface area contributed by atoms with Gasteiger partial charge in [-0.3, -0.25) is 4.79 Å². The Morgan fingerprint density at radius 3 is 2.80 bits per heavy atom. The van der Waals surface area contributed by atoms with Crippen LogP contribution in [0.5, 0.6) is 11.5 Å². The number of nitrogens with zero attached hydrogens (tertiary/aromatic N) is 5. The van der Waals surface area contributed by atoms with Gasteiger partial charge >= 0.3 is 0 Å². The zero-order valence-corrected chi connectivity index (χ0v) is 14.0. The van der Waals surface area contributed by atoms with Crippen molar-refractivity contribution < 1.29 is 14.3 Å². The fourth-order valence-corrected chi connectivity index (χ4v) is 3.89. The highest BCUT2D eigenvalue weighted by atomic mass is 16.6. The molecule has 2 fully saturated rings. The van der Waals surface area contributed by atoms with Crippen LogP contribution in [0, 0.1) is 0 Å². The monoisotopic (exact) mass is 341 g/mol. The number of carbonyl (C=O) groups is 1. The minimum absolute atomic E-state index is 0.196. The largest absolute Gasteiger partial charge is 0.486 e.